The topological polar surface area (TPSA) is 0 Å². The predicted molar refractivity (Wildman–Crippen MR) is 42.2 cm³/mol. The van der Waals surface area contributed by atoms with Crippen LogP contribution in [0, 0.1) is 0 Å². The zero-order valence-corrected chi connectivity index (χ0v) is 11.1. The summed E-state index contributed by atoms with van der Waals surface area (Å²) in [5.74, 6) is 0. The summed E-state index contributed by atoms with van der Waals surface area (Å²) in [6.07, 6.45) is 0. The maximum absolute atomic E-state index is 2.47. The molecule has 0 aromatic heterocycles. The molecule has 0 aliphatic rings. The zero-order chi connectivity index (χ0) is 5.21. The van der Waals surface area contributed by atoms with Crippen molar-refractivity contribution in [3.05, 3.63) is 0 Å². The van der Waals surface area contributed by atoms with Gasteiger partial charge in [0.2, 0.25) is 0 Å². The Morgan fingerprint density at radius 2 is 1.43 bits per heavy atom. The molecule has 0 saturated carbocycles. The number of rotatable bonds is 1. The van der Waals surface area contributed by atoms with Crippen molar-refractivity contribution in [1.82, 2.24) is 0 Å². The SMILES string of the molecule is C[As+](C)(C)CI.[I-]. The molecule has 7 heavy (non-hydrogen) atoms. The van der Waals surface area contributed by atoms with Crippen LogP contribution < -0.4 is 24.0 Å². The molecule has 3 heteroatoms. The van der Waals surface area contributed by atoms with Gasteiger partial charge in [0.05, 0.1) is 0 Å². The van der Waals surface area contributed by atoms with Crippen LogP contribution in [0.1, 0.15) is 0 Å². The van der Waals surface area contributed by atoms with Gasteiger partial charge >= 0.3 is 56.5 Å². The van der Waals surface area contributed by atoms with E-state index in [-0.39, 0.29) is 24.0 Å². The van der Waals surface area contributed by atoms with Crippen molar-refractivity contribution >= 4 is 36.1 Å². The summed E-state index contributed by atoms with van der Waals surface area (Å²) in [7, 11) is 0. The van der Waals surface area contributed by atoms with Gasteiger partial charge in [-0.05, 0) is 0 Å². The summed E-state index contributed by atoms with van der Waals surface area (Å²) in [5.41, 5.74) is 7.22. The molecular formula is C4H11AsI2. The molecular weight excluding hydrogens is 377 g/mol. The van der Waals surface area contributed by atoms with E-state index in [2.05, 4.69) is 39.7 Å². The van der Waals surface area contributed by atoms with E-state index < -0.39 is 13.6 Å². The van der Waals surface area contributed by atoms with Gasteiger partial charge in [-0.3, -0.25) is 0 Å². The van der Waals surface area contributed by atoms with Crippen molar-refractivity contribution < 1.29 is 24.0 Å². The van der Waals surface area contributed by atoms with Crippen LogP contribution >= 0.6 is 22.6 Å². The Hall–Kier alpha value is 2.02. The third kappa shape index (κ3) is 11.5. The Balaban J connectivity index is 0. The van der Waals surface area contributed by atoms with E-state index in [1.807, 2.05) is 0 Å². The third-order valence-electron chi connectivity index (χ3n) is 0.359. The molecule has 0 rings (SSSR count). The Morgan fingerprint density at radius 3 is 1.43 bits per heavy atom. The van der Waals surface area contributed by atoms with Crippen molar-refractivity contribution in [3.8, 4) is 0 Å². The monoisotopic (exact) mass is 388 g/mol. The number of alkyl halides is 1. The average Bonchev–Trinajstić information content (AvgIpc) is 1.35. The Morgan fingerprint density at radius 1 is 1.29 bits per heavy atom. The van der Waals surface area contributed by atoms with Crippen LogP contribution in [0.2, 0.25) is 17.1 Å². The number of halogens is 2. The van der Waals surface area contributed by atoms with E-state index in [9.17, 15) is 0 Å². The molecule has 0 fully saturated rings. The maximum atomic E-state index is 2.47. The normalized spacial score (nSPS) is 10.3. The molecule has 0 saturated heterocycles. The van der Waals surface area contributed by atoms with E-state index in [0.717, 1.165) is 0 Å². The fraction of sp³-hybridized carbons (Fsp3) is 1.00. The van der Waals surface area contributed by atoms with Crippen LogP contribution in [-0.2, 0) is 0 Å². The molecule has 0 radical (unpaired) electrons. The van der Waals surface area contributed by atoms with E-state index in [0.29, 0.717) is 0 Å². The van der Waals surface area contributed by atoms with Crippen LogP contribution in [0.4, 0.5) is 0 Å². The quantitative estimate of drug-likeness (QED) is 0.317. The largest absolute Gasteiger partial charge is 1.00 e. The van der Waals surface area contributed by atoms with Crippen molar-refractivity contribution in [3.63, 3.8) is 0 Å². The van der Waals surface area contributed by atoms with Gasteiger partial charge in [0, 0.05) is 0 Å². The molecule has 0 unspecified atom stereocenters. The van der Waals surface area contributed by atoms with Gasteiger partial charge in [0.1, 0.15) is 0 Å². The number of hydrogen-bond donors (Lipinski definition) is 0. The first kappa shape index (κ1) is 11.8. The zero-order valence-electron chi connectivity index (χ0n) is 4.91. The smallest absolute Gasteiger partial charge is 1.00 e. The first-order valence-corrected chi connectivity index (χ1v) is 10.4. The van der Waals surface area contributed by atoms with Crippen molar-refractivity contribution in [2.24, 2.45) is 0 Å². The Labute approximate surface area is 79.4 Å². The standard InChI is InChI=1S/C4H11AsI.HI/c1-5(2,3)4-6;/h4H2,1-3H3;1H/q+1;/p-1. The molecule has 0 aliphatic carbocycles. The minimum absolute atomic E-state index is 0. The molecule has 0 aliphatic heterocycles. The first-order valence-electron chi connectivity index (χ1n) is 1.93. The van der Waals surface area contributed by atoms with Crippen LogP contribution in [0.25, 0.3) is 0 Å². The molecule has 0 amide bonds. The van der Waals surface area contributed by atoms with Gasteiger partial charge in [-0.2, -0.15) is 0 Å². The van der Waals surface area contributed by atoms with Gasteiger partial charge in [-0.15, -0.1) is 0 Å². The molecule has 0 heterocycles. The van der Waals surface area contributed by atoms with Crippen LogP contribution in [0.15, 0.2) is 0 Å². The molecule has 0 N–H and O–H groups in total. The summed E-state index contributed by atoms with van der Waals surface area (Å²) >= 11 is 1.55. The van der Waals surface area contributed by atoms with Gasteiger partial charge < -0.3 is 24.0 Å². The molecule has 0 nitrogen and oxygen atoms in total. The van der Waals surface area contributed by atoms with Crippen LogP contribution in [0.5, 0.6) is 0 Å². The van der Waals surface area contributed by atoms with Crippen molar-refractivity contribution in [2.75, 3.05) is 3.22 Å². The molecule has 0 spiro atoms. The summed E-state index contributed by atoms with van der Waals surface area (Å²) in [5, 5.41) is 0. The van der Waals surface area contributed by atoms with Crippen molar-refractivity contribution in [2.45, 2.75) is 17.1 Å². The molecule has 0 atom stereocenters. The third-order valence-corrected chi connectivity index (χ3v) is 12.5. The fourth-order valence-corrected chi connectivity index (χ4v) is 0. The predicted octanol–water partition coefficient (Wildman–Crippen LogP) is -0.697. The van der Waals surface area contributed by atoms with Gasteiger partial charge in [0.25, 0.3) is 0 Å². The van der Waals surface area contributed by atoms with Crippen molar-refractivity contribution in [1.29, 1.82) is 0 Å². The summed E-state index contributed by atoms with van der Waals surface area (Å²) in [4.78, 5) is 0. The van der Waals surface area contributed by atoms with E-state index in [4.69, 9.17) is 0 Å². The van der Waals surface area contributed by atoms with Gasteiger partial charge in [-0.25, -0.2) is 0 Å². The fourth-order valence-electron chi connectivity index (χ4n) is 0. The minimum Gasteiger partial charge on any atom is -1.00 e. The Bertz CT molecular complexity index is 39.4. The van der Waals surface area contributed by atoms with E-state index in [1.165, 1.54) is 3.22 Å². The van der Waals surface area contributed by atoms with Gasteiger partial charge in [-0.1, -0.05) is 0 Å². The average molecular weight is 388 g/mol. The summed E-state index contributed by atoms with van der Waals surface area (Å²) in [6, 6.07) is 0. The summed E-state index contributed by atoms with van der Waals surface area (Å²) in [6.45, 7) is 0. The molecule has 46 valence electrons. The number of hydrogen-bond acceptors (Lipinski definition) is 0. The minimum atomic E-state index is -0.923. The molecule has 0 aromatic carbocycles. The van der Waals surface area contributed by atoms with E-state index in [1.54, 1.807) is 0 Å². The van der Waals surface area contributed by atoms with E-state index >= 15 is 0 Å². The first-order chi connectivity index (χ1) is 2.56. The second-order valence-corrected chi connectivity index (χ2v) is 16.1. The molecule has 0 bridgehead atoms. The van der Waals surface area contributed by atoms with Gasteiger partial charge in [0.15, 0.2) is 0 Å². The van der Waals surface area contributed by atoms with Crippen LogP contribution in [0.3, 0.4) is 0 Å². The maximum Gasteiger partial charge on any atom is -1.00 e. The Kier molecular flexibility index (Phi) is 8.17. The second kappa shape index (κ2) is 4.86. The second-order valence-electron chi connectivity index (χ2n) is 2.41. The molecule has 0 aromatic rings. The van der Waals surface area contributed by atoms with Crippen LogP contribution in [-0.4, -0.2) is 16.8 Å². The summed E-state index contributed by atoms with van der Waals surface area (Å²) < 4.78 is 1.41.